The third-order valence-corrected chi connectivity index (χ3v) is 4.74. The lowest BCUT2D eigenvalue weighted by atomic mass is 9.93. The first-order chi connectivity index (χ1) is 13.7. The predicted molar refractivity (Wildman–Crippen MR) is 121 cm³/mol. The number of hydrogen-bond acceptors (Lipinski definition) is 4. The molecule has 0 aliphatic carbocycles. The number of esters is 2. The van der Waals surface area contributed by atoms with Gasteiger partial charge in [-0.1, -0.05) is 93.4 Å². The molecule has 0 unspecified atom stereocenters. The SMILES string of the molecule is CCCCCCCCCC/C(C(=O)OCC(C)C)=C(/C(=O)OCC(C)C)C(C)C. The third kappa shape index (κ3) is 13.5. The molecular weight excluding hydrogens is 364 g/mol. The summed E-state index contributed by atoms with van der Waals surface area (Å²) in [6.45, 7) is 14.9. The molecule has 0 heterocycles. The van der Waals surface area contributed by atoms with Gasteiger partial charge in [0.05, 0.1) is 18.8 Å². The first kappa shape index (κ1) is 27.7. The van der Waals surface area contributed by atoms with Crippen LogP contribution in [0.25, 0.3) is 0 Å². The highest BCUT2D eigenvalue weighted by atomic mass is 16.5. The third-order valence-electron chi connectivity index (χ3n) is 4.74. The van der Waals surface area contributed by atoms with Gasteiger partial charge < -0.3 is 9.47 Å². The number of unbranched alkanes of at least 4 members (excludes halogenated alkanes) is 7. The Kier molecular flexibility index (Phi) is 15.7. The van der Waals surface area contributed by atoms with E-state index in [1.54, 1.807) is 0 Å². The Morgan fingerprint density at radius 2 is 1.10 bits per heavy atom. The van der Waals surface area contributed by atoms with Gasteiger partial charge in [-0.3, -0.25) is 0 Å². The van der Waals surface area contributed by atoms with Crippen molar-refractivity contribution in [2.24, 2.45) is 17.8 Å². The van der Waals surface area contributed by atoms with E-state index >= 15 is 0 Å². The van der Waals surface area contributed by atoms with E-state index in [0.29, 0.717) is 30.8 Å². The zero-order valence-corrected chi connectivity index (χ0v) is 20.1. The topological polar surface area (TPSA) is 52.6 Å². The van der Waals surface area contributed by atoms with Crippen LogP contribution in [0.2, 0.25) is 0 Å². The highest BCUT2D eigenvalue weighted by molar-refractivity contribution is 6.00. The van der Waals surface area contributed by atoms with E-state index in [-0.39, 0.29) is 29.7 Å². The molecule has 0 spiro atoms. The number of rotatable bonds is 16. The molecule has 0 radical (unpaired) electrons. The fraction of sp³-hybridized carbons (Fsp3) is 0.840. The van der Waals surface area contributed by atoms with Gasteiger partial charge in [0.2, 0.25) is 0 Å². The van der Waals surface area contributed by atoms with Crippen molar-refractivity contribution in [3.63, 3.8) is 0 Å². The van der Waals surface area contributed by atoms with Crippen LogP contribution in [0, 0.1) is 17.8 Å². The molecule has 0 aliphatic rings. The molecule has 0 saturated carbocycles. The van der Waals surface area contributed by atoms with Gasteiger partial charge in [-0.2, -0.15) is 0 Å². The van der Waals surface area contributed by atoms with Crippen LogP contribution in [0.5, 0.6) is 0 Å². The van der Waals surface area contributed by atoms with E-state index < -0.39 is 0 Å². The Morgan fingerprint density at radius 1 is 0.655 bits per heavy atom. The highest BCUT2D eigenvalue weighted by Crippen LogP contribution is 2.24. The second-order valence-corrected chi connectivity index (χ2v) is 9.26. The molecule has 0 N–H and O–H groups in total. The van der Waals surface area contributed by atoms with Crippen molar-refractivity contribution in [1.82, 2.24) is 0 Å². The molecule has 0 amide bonds. The molecule has 0 saturated heterocycles. The van der Waals surface area contributed by atoms with Crippen molar-refractivity contribution in [2.75, 3.05) is 13.2 Å². The van der Waals surface area contributed by atoms with Crippen LogP contribution >= 0.6 is 0 Å². The van der Waals surface area contributed by atoms with Gasteiger partial charge in [-0.15, -0.1) is 0 Å². The molecule has 170 valence electrons. The molecule has 0 aliphatic heterocycles. The molecule has 0 fully saturated rings. The molecule has 0 aromatic rings. The van der Waals surface area contributed by atoms with E-state index in [1.165, 1.54) is 38.5 Å². The van der Waals surface area contributed by atoms with Crippen LogP contribution in [0.15, 0.2) is 11.1 Å². The van der Waals surface area contributed by atoms with Crippen molar-refractivity contribution in [2.45, 2.75) is 106 Å². The second kappa shape index (κ2) is 16.5. The van der Waals surface area contributed by atoms with Crippen LogP contribution < -0.4 is 0 Å². The Morgan fingerprint density at radius 3 is 1.55 bits per heavy atom. The van der Waals surface area contributed by atoms with Gasteiger partial charge >= 0.3 is 11.9 Å². The average Bonchev–Trinajstić information content (AvgIpc) is 2.64. The lowest BCUT2D eigenvalue weighted by Gasteiger charge is -2.18. The standard InChI is InChI=1S/C25H46O4/c1-8-9-10-11-12-13-14-15-16-22(24(26)28-17-19(2)3)23(21(6)7)25(27)29-18-20(4)5/h19-21H,8-18H2,1-7H3/b23-22-. The summed E-state index contributed by atoms with van der Waals surface area (Å²) in [6.07, 6.45) is 10.1. The fourth-order valence-electron chi connectivity index (χ4n) is 3.14. The van der Waals surface area contributed by atoms with Crippen LogP contribution in [-0.4, -0.2) is 25.2 Å². The van der Waals surface area contributed by atoms with E-state index in [1.807, 2.05) is 41.5 Å². The summed E-state index contributed by atoms with van der Waals surface area (Å²) in [7, 11) is 0. The largest absolute Gasteiger partial charge is 0.462 e. The lowest BCUT2D eigenvalue weighted by Crippen LogP contribution is -2.22. The van der Waals surface area contributed by atoms with Gasteiger partial charge in [0.1, 0.15) is 0 Å². The van der Waals surface area contributed by atoms with Crippen LogP contribution in [-0.2, 0) is 19.1 Å². The first-order valence-corrected chi connectivity index (χ1v) is 11.8. The quantitative estimate of drug-likeness (QED) is 0.158. The molecule has 4 heteroatoms. The van der Waals surface area contributed by atoms with Gasteiger partial charge in [0.25, 0.3) is 0 Å². The van der Waals surface area contributed by atoms with Crippen molar-refractivity contribution in [3.05, 3.63) is 11.1 Å². The smallest absolute Gasteiger partial charge is 0.334 e. The summed E-state index contributed by atoms with van der Waals surface area (Å²) in [5, 5.41) is 0. The maximum Gasteiger partial charge on any atom is 0.334 e. The number of carbonyl (C=O) groups excluding carboxylic acids is 2. The van der Waals surface area contributed by atoms with Crippen LogP contribution in [0.4, 0.5) is 0 Å². The summed E-state index contributed by atoms with van der Waals surface area (Å²) in [6, 6.07) is 0. The zero-order chi connectivity index (χ0) is 22.2. The number of hydrogen-bond donors (Lipinski definition) is 0. The monoisotopic (exact) mass is 410 g/mol. The minimum absolute atomic E-state index is 0.0784. The molecule has 0 rings (SSSR count). The van der Waals surface area contributed by atoms with Crippen molar-refractivity contribution < 1.29 is 19.1 Å². The van der Waals surface area contributed by atoms with Gasteiger partial charge in [0, 0.05) is 5.57 Å². The maximum absolute atomic E-state index is 12.8. The van der Waals surface area contributed by atoms with E-state index in [4.69, 9.17) is 9.47 Å². The van der Waals surface area contributed by atoms with Gasteiger partial charge in [-0.25, -0.2) is 9.59 Å². The lowest BCUT2D eigenvalue weighted by molar-refractivity contribution is -0.144. The second-order valence-electron chi connectivity index (χ2n) is 9.26. The zero-order valence-electron chi connectivity index (χ0n) is 20.1. The Labute approximate surface area is 179 Å². The van der Waals surface area contributed by atoms with Gasteiger partial charge in [0.15, 0.2) is 0 Å². The molecule has 0 atom stereocenters. The molecule has 0 aromatic carbocycles. The summed E-state index contributed by atoms with van der Waals surface area (Å²) >= 11 is 0. The molecular formula is C25H46O4. The van der Waals surface area contributed by atoms with Crippen molar-refractivity contribution >= 4 is 11.9 Å². The highest BCUT2D eigenvalue weighted by Gasteiger charge is 2.26. The van der Waals surface area contributed by atoms with E-state index in [2.05, 4.69) is 6.92 Å². The van der Waals surface area contributed by atoms with Gasteiger partial charge in [-0.05, 0) is 30.6 Å². The first-order valence-electron chi connectivity index (χ1n) is 11.8. The summed E-state index contributed by atoms with van der Waals surface area (Å²) in [4.78, 5) is 25.5. The number of ether oxygens (including phenoxy) is 2. The molecule has 29 heavy (non-hydrogen) atoms. The van der Waals surface area contributed by atoms with E-state index in [9.17, 15) is 9.59 Å². The normalized spacial score (nSPS) is 12.5. The Bertz CT molecular complexity index is 489. The average molecular weight is 411 g/mol. The van der Waals surface area contributed by atoms with Crippen molar-refractivity contribution in [1.29, 1.82) is 0 Å². The Hall–Kier alpha value is -1.32. The molecule has 4 nitrogen and oxygen atoms in total. The fourth-order valence-corrected chi connectivity index (χ4v) is 3.14. The Balaban J connectivity index is 5.09. The summed E-state index contributed by atoms with van der Waals surface area (Å²) in [5.41, 5.74) is 1.00. The van der Waals surface area contributed by atoms with E-state index in [0.717, 1.165) is 12.8 Å². The minimum Gasteiger partial charge on any atom is -0.462 e. The minimum atomic E-state index is -0.371. The van der Waals surface area contributed by atoms with Crippen LogP contribution in [0.3, 0.4) is 0 Å². The number of carbonyl (C=O) groups is 2. The predicted octanol–water partition coefficient (Wildman–Crippen LogP) is 6.87. The van der Waals surface area contributed by atoms with Crippen LogP contribution in [0.1, 0.15) is 106 Å². The molecule has 0 aromatic heterocycles. The maximum atomic E-state index is 12.8. The van der Waals surface area contributed by atoms with Crippen molar-refractivity contribution in [3.8, 4) is 0 Å². The summed E-state index contributed by atoms with van der Waals surface area (Å²) < 4.78 is 11.0. The summed E-state index contributed by atoms with van der Waals surface area (Å²) in [5.74, 6) is -0.281. The molecule has 0 bridgehead atoms.